The summed E-state index contributed by atoms with van der Waals surface area (Å²) < 4.78 is 27.7. The predicted molar refractivity (Wildman–Crippen MR) is 182 cm³/mol. The summed E-state index contributed by atoms with van der Waals surface area (Å²) >= 11 is 0. The Morgan fingerprint density at radius 1 is 0.569 bits per heavy atom. The van der Waals surface area contributed by atoms with E-state index in [-0.39, 0.29) is 12.8 Å². The van der Waals surface area contributed by atoms with E-state index in [0.29, 0.717) is 25.7 Å². The maximum Gasteiger partial charge on any atom is 0.405 e. The van der Waals surface area contributed by atoms with Crippen LogP contribution in [0.25, 0.3) is 0 Å². The fraction of sp³-hybridized carbons (Fsp3) is 0.944. The first-order valence-electron chi connectivity index (χ1n) is 19.2. The zero-order valence-corrected chi connectivity index (χ0v) is 30.7. The molecule has 0 amide bonds. The zero-order chi connectivity index (χ0) is 37.9. The van der Waals surface area contributed by atoms with E-state index in [4.69, 9.17) is 23.7 Å². The summed E-state index contributed by atoms with van der Waals surface area (Å²) in [5.74, 6) is -12.0. The Balaban J connectivity index is 2.30. The number of carbonyl (C=O) groups is 2. The minimum atomic E-state index is -3.56. The molecule has 8 N–H and O–H groups in total. The molecule has 0 aromatic heterocycles. The van der Waals surface area contributed by atoms with E-state index >= 15 is 0 Å². The van der Waals surface area contributed by atoms with Gasteiger partial charge in [-0.2, -0.15) is 0 Å². The molecule has 9 atom stereocenters. The molecule has 0 aliphatic carbocycles. The molecular formula is C36H66O15. The quantitative estimate of drug-likeness (QED) is 0.0342. The molecule has 2 aliphatic rings. The van der Waals surface area contributed by atoms with Gasteiger partial charge in [-0.25, -0.2) is 0 Å². The zero-order valence-electron chi connectivity index (χ0n) is 30.7. The molecule has 0 spiro atoms. The van der Waals surface area contributed by atoms with Crippen molar-refractivity contribution < 1.29 is 74.1 Å². The molecule has 2 heterocycles. The van der Waals surface area contributed by atoms with Crippen molar-refractivity contribution in [3.05, 3.63) is 0 Å². The third-order valence-corrected chi connectivity index (χ3v) is 9.73. The fourth-order valence-electron chi connectivity index (χ4n) is 6.52. The standard InChI is InChI=1S/C36H66O15/c1-3-5-7-9-11-13-15-17-19-21-28(40)49-35(46)33(45)31(43)27(24-38)48-36(35,51-34(25-39)32(44)30(42)26(23-37)47-34)50-29(41)22-20-18-16-14-12-10-8-6-4-2/h26-27,30-33,37-39,42-46H,3-25H2,1-2H3/t26-,27-,30-,31-,32+,33+,34?,35+,36+/m1/s1. The summed E-state index contributed by atoms with van der Waals surface area (Å²) in [4.78, 5) is 26.6. The summed E-state index contributed by atoms with van der Waals surface area (Å²) in [6.45, 7) is 1.09. The van der Waals surface area contributed by atoms with Gasteiger partial charge in [0.25, 0.3) is 0 Å². The van der Waals surface area contributed by atoms with E-state index in [1.165, 1.54) is 19.3 Å². The van der Waals surface area contributed by atoms with E-state index in [1.807, 2.05) is 0 Å². The minimum Gasteiger partial charge on any atom is -0.420 e. The number of rotatable bonds is 27. The van der Waals surface area contributed by atoms with E-state index in [1.54, 1.807) is 0 Å². The third-order valence-electron chi connectivity index (χ3n) is 9.73. The van der Waals surface area contributed by atoms with Crippen LogP contribution in [0.5, 0.6) is 0 Å². The normalized spacial score (nSPS) is 32.3. The number of aliphatic hydroxyl groups excluding tert-OH is 7. The van der Waals surface area contributed by atoms with Gasteiger partial charge in [-0.3, -0.25) is 14.3 Å². The highest BCUT2D eigenvalue weighted by atomic mass is 17.0. The summed E-state index contributed by atoms with van der Waals surface area (Å²) in [6.07, 6.45) is 4.33. The average Bonchev–Trinajstić information content (AvgIpc) is 3.35. The van der Waals surface area contributed by atoms with Crippen molar-refractivity contribution in [3.63, 3.8) is 0 Å². The lowest BCUT2D eigenvalue weighted by Crippen LogP contribution is -2.78. The molecule has 2 rings (SSSR count). The lowest BCUT2D eigenvalue weighted by molar-refractivity contribution is -0.554. The molecule has 0 aromatic rings. The molecule has 300 valence electrons. The number of hydrogen-bond donors (Lipinski definition) is 8. The predicted octanol–water partition coefficient (Wildman–Crippen LogP) is 2.19. The number of hydrogen-bond acceptors (Lipinski definition) is 15. The van der Waals surface area contributed by atoms with Crippen molar-refractivity contribution >= 4 is 11.9 Å². The van der Waals surface area contributed by atoms with Gasteiger partial charge < -0.3 is 59.8 Å². The average molecular weight is 739 g/mol. The van der Waals surface area contributed by atoms with E-state index in [9.17, 15) is 50.4 Å². The molecule has 1 unspecified atom stereocenters. The van der Waals surface area contributed by atoms with Gasteiger partial charge in [-0.1, -0.05) is 117 Å². The smallest absolute Gasteiger partial charge is 0.405 e. The maximum absolute atomic E-state index is 13.4. The first-order chi connectivity index (χ1) is 24.4. The summed E-state index contributed by atoms with van der Waals surface area (Å²) in [5, 5.41) is 85.5. The Morgan fingerprint density at radius 2 is 0.961 bits per heavy atom. The topological polar surface area (TPSA) is 242 Å². The summed E-state index contributed by atoms with van der Waals surface area (Å²) in [7, 11) is 0. The molecule has 15 nitrogen and oxygen atoms in total. The van der Waals surface area contributed by atoms with Crippen LogP contribution in [0.1, 0.15) is 142 Å². The molecule has 51 heavy (non-hydrogen) atoms. The highest BCUT2D eigenvalue weighted by Gasteiger charge is 2.75. The van der Waals surface area contributed by atoms with Gasteiger partial charge in [-0.05, 0) is 12.8 Å². The van der Waals surface area contributed by atoms with Crippen molar-refractivity contribution in [1.82, 2.24) is 0 Å². The Bertz CT molecular complexity index is 986. The Hall–Kier alpha value is -1.50. The second-order valence-electron chi connectivity index (χ2n) is 14.0. The Labute approximate surface area is 302 Å². The highest BCUT2D eigenvalue weighted by molar-refractivity contribution is 5.71. The molecule has 0 radical (unpaired) electrons. The van der Waals surface area contributed by atoms with E-state index in [2.05, 4.69) is 13.8 Å². The summed E-state index contributed by atoms with van der Waals surface area (Å²) in [6, 6.07) is 0. The first-order valence-corrected chi connectivity index (χ1v) is 19.2. The molecule has 15 heteroatoms. The van der Waals surface area contributed by atoms with Gasteiger partial charge in [0, 0.05) is 12.8 Å². The third kappa shape index (κ3) is 12.8. The number of ether oxygens (including phenoxy) is 5. The molecular weight excluding hydrogens is 672 g/mol. The number of esters is 2. The SMILES string of the molecule is CCCCCCCCCCCC(=O)O[C@@]1(OC2(CO)O[C@H](CO)[C@@H](O)[C@@H]2O)O[C@H](CO)[C@@H](O)[C@H](O)[C@]1(O)OC(=O)CCCCCCCCCCC. The molecule has 0 bridgehead atoms. The van der Waals surface area contributed by atoms with Crippen molar-refractivity contribution in [2.45, 2.75) is 196 Å². The van der Waals surface area contributed by atoms with Gasteiger partial charge in [0.2, 0.25) is 5.79 Å². The fourth-order valence-corrected chi connectivity index (χ4v) is 6.52. The molecule has 0 aromatic carbocycles. The van der Waals surface area contributed by atoms with Gasteiger partial charge in [0.05, 0.1) is 13.2 Å². The number of carbonyl (C=O) groups excluding carboxylic acids is 2. The van der Waals surface area contributed by atoms with Gasteiger partial charge in [-0.15, -0.1) is 0 Å². The maximum atomic E-state index is 13.4. The van der Waals surface area contributed by atoms with Crippen LogP contribution in [-0.2, 0) is 33.3 Å². The highest BCUT2D eigenvalue weighted by Crippen LogP contribution is 2.47. The molecule has 0 saturated carbocycles. The van der Waals surface area contributed by atoms with Gasteiger partial charge >= 0.3 is 23.7 Å². The Morgan fingerprint density at radius 3 is 1.37 bits per heavy atom. The lowest BCUT2D eigenvalue weighted by atomic mass is 9.93. The second-order valence-corrected chi connectivity index (χ2v) is 14.0. The van der Waals surface area contributed by atoms with Gasteiger partial charge in [0.15, 0.2) is 6.10 Å². The van der Waals surface area contributed by atoms with Crippen molar-refractivity contribution in [3.8, 4) is 0 Å². The number of aliphatic hydroxyl groups is 8. The van der Waals surface area contributed by atoms with Crippen molar-refractivity contribution in [2.75, 3.05) is 19.8 Å². The van der Waals surface area contributed by atoms with Crippen LogP contribution in [0.2, 0.25) is 0 Å². The van der Waals surface area contributed by atoms with Crippen LogP contribution in [0.3, 0.4) is 0 Å². The Kier molecular flexibility index (Phi) is 20.9. The van der Waals surface area contributed by atoms with Crippen LogP contribution in [0, 0.1) is 0 Å². The second kappa shape index (κ2) is 23.3. The minimum absolute atomic E-state index is 0.261. The van der Waals surface area contributed by atoms with Crippen LogP contribution < -0.4 is 0 Å². The van der Waals surface area contributed by atoms with E-state index in [0.717, 1.165) is 70.6 Å². The lowest BCUT2D eigenvalue weighted by Gasteiger charge is -2.53. The van der Waals surface area contributed by atoms with Gasteiger partial charge in [0.1, 0.15) is 37.1 Å². The van der Waals surface area contributed by atoms with Crippen LogP contribution in [0.4, 0.5) is 0 Å². The first kappa shape index (κ1) is 45.7. The summed E-state index contributed by atoms with van der Waals surface area (Å²) in [5.41, 5.74) is 0. The van der Waals surface area contributed by atoms with Crippen molar-refractivity contribution in [1.29, 1.82) is 0 Å². The van der Waals surface area contributed by atoms with Crippen LogP contribution in [-0.4, -0.2) is 127 Å². The molecule has 2 aliphatic heterocycles. The van der Waals surface area contributed by atoms with Crippen LogP contribution >= 0.6 is 0 Å². The van der Waals surface area contributed by atoms with E-state index < -0.39 is 85.9 Å². The van der Waals surface area contributed by atoms with Crippen molar-refractivity contribution in [2.24, 2.45) is 0 Å². The monoisotopic (exact) mass is 738 g/mol. The molecule has 2 fully saturated rings. The number of unbranched alkanes of at least 4 members (excludes halogenated alkanes) is 16. The largest absolute Gasteiger partial charge is 0.420 e. The van der Waals surface area contributed by atoms with Crippen LogP contribution in [0.15, 0.2) is 0 Å². The molecule has 2 saturated heterocycles.